The van der Waals surface area contributed by atoms with Crippen molar-refractivity contribution in [1.82, 2.24) is 5.32 Å². The van der Waals surface area contributed by atoms with Crippen molar-refractivity contribution in [2.75, 3.05) is 11.9 Å². The monoisotopic (exact) mass is 282 g/mol. The molecule has 4 heteroatoms. The molecule has 1 atom stereocenters. The molecule has 108 valence electrons. The Balaban J connectivity index is 1.83. The van der Waals surface area contributed by atoms with E-state index in [1.807, 2.05) is 12.1 Å². The molecule has 21 heavy (non-hydrogen) atoms. The molecule has 3 N–H and O–H groups in total. The molecule has 0 radical (unpaired) electrons. The normalized spacial score (nSPS) is 17.1. The molecule has 0 saturated heterocycles. The molecule has 0 aliphatic carbocycles. The number of anilines is 1. The lowest BCUT2D eigenvalue weighted by Gasteiger charge is -2.26. The number of benzene rings is 2. The third-order valence-corrected chi connectivity index (χ3v) is 3.77. The van der Waals surface area contributed by atoms with E-state index in [2.05, 4.69) is 23.6 Å². The SMILES string of the molecule is Cc1ccc2c(c1)CNCC2C(=O)Nc1cccc(O)c1. The maximum atomic E-state index is 12.5. The van der Waals surface area contributed by atoms with Gasteiger partial charge in [-0.15, -0.1) is 0 Å². The van der Waals surface area contributed by atoms with E-state index in [9.17, 15) is 9.90 Å². The van der Waals surface area contributed by atoms with Crippen molar-refractivity contribution in [3.05, 3.63) is 59.2 Å². The van der Waals surface area contributed by atoms with Crippen LogP contribution in [0.3, 0.4) is 0 Å². The van der Waals surface area contributed by atoms with Gasteiger partial charge in [0.2, 0.25) is 5.91 Å². The summed E-state index contributed by atoms with van der Waals surface area (Å²) < 4.78 is 0. The molecule has 1 amide bonds. The summed E-state index contributed by atoms with van der Waals surface area (Å²) in [5, 5.41) is 15.6. The summed E-state index contributed by atoms with van der Waals surface area (Å²) in [6.07, 6.45) is 0. The number of hydrogen-bond acceptors (Lipinski definition) is 3. The lowest BCUT2D eigenvalue weighted by atomic mass is 9.89. The van der Waals surface area contributed by atoms with Crippen LogP contribution in [0.1, 0.15) is 22.6 Å². The summed E-state index contributed by atoms with van der Waals surface area (Å²) in [5.74, 6) is -0.125. The number of fused-ring (bicyclic) bond motifs is 1. The number of phenols is 1. The van der Waals surface area contributed by atoms with Gasteiger partial charge in [0.1, 0.15) is 5.75 Å². The number of amides is 1. The average Bonchev–Trinajstić information content (AvgIpc) is 2.46. The summed E-state index contributed by atoms with van der Waals surface area (Å²) >= 11 is 0. The van der Waals surface area contributed by atoms with Crippen molar-refractivity contribution in [1.29, 1.82) is 0 Å². The molecule has 0 aromatic heterocycles. The molecule has 4 nitrogen and oxygen atoms in total. The molecule has 1 unspecified atom stereocenters. The predicted molar refractivity (Wildman–Crippen MR) is 82.4 cm³/mol. The highest BCUT2D eigenvalue weighted by atomic mass is 16.3. The lowest BCUT2D eigenvalue weighted by molar-refractivity contribution is -0.117. The van der Waals surface area contributed by atoms with Gasteiger partial charge in [-0.1, -0.05) is 29.8 Å². The van der Waals surface area contributed by atoms with Crippen molar-refractivity contribution < 1.29 is 9.90 Å². The fourth-order valence-electron chi connectivity index (χ4n) is 2.74. The van der Waals surface area contributed by atoms with Gasteiger partial charge < -0.3 is 15.7 Å². The fraction of sp³-hybridized carbons (Fsp3) is 0.235. The van der Waals surface area contributed by atoms with E-state index < -0.39 is 0 Å². The second-order valence-corrected chi connectivity index (χ2v) is 5.43. The topological polar surface area (TPSA) is 61.4 Å². The van der Waals surface area contributed by atoms with Crippen molar-refractivity contribution >= 4 is 11.6 Å². The summed E-state index contributed by atoms with van der Waals surface area (Å²) in [4.78, 5) is 12.5. The van der Waals surface area contributed by atoms with Gasteiger partial charge in [0, 0.05) is 24.8 Å². The Morgan fingerprint density at radius 2 is 2.14 bits per heavy atom. The predicted octanol–water partition coefficient (Wildman–Crippen LogP) is 2.53. The van der Waals surface area contributed by atoms with Crippen LogP contribution in [0.15, 0.2) is 42.5 Å². The van der Waals surface area contributed by atoms with Crippen molar-refractivity contribution in [3.8, 4) is 5.75 Å². The van der Waals surface area contributed by atoms with Crippen LogP contribution in [0.5, 0.6) is 5.75 Å². The summed E-state index contributed by atoms with van der Waals surface area (Å²) in [6.45, 7) is 3.48. The zero-order valence-corrected chi connectivity index (χ0v) is 11.9. The Bertz CT molecular complexity index is 682. The van der Waals surface area contributed by atoms with E-state index >= 15 is 0 Å². The maximum absolute atomic E-state index is 12.5. The Kier molecular flexibility index (Phi) is 3.62. The summed E-state index contributed by atoms with van der Waals surface area (Å²) in [7, 11) is 0. The van der Waals surface area contributed by atoms with Crippen molar-refractivity contribution in [2.24, 2.45) is 0 Å². The molecule has 1 aliphatic rings. The number of hydrogen-bond donors (Lipinski definition) is 3. The molecule has 3 rings (SSSR count). The van der Waals surface area contributed by atoms with E-state index in [1.165, 1.54) is 11.1 Å². The Morgan fingerprint density at radius 1 is 1.29 bits per heavy atom. The van der Waals surface area contributed by atoms with Gasteiger partial charge in [0.15, 0.2) is 0 Å². The third kappa shape index (κ3) is 2.90. The number of carbonyl (C=O) groups excluding carboxylic acids is 1. The maximum Gasteiger partial charge on any atom is 0.233 e. The number of rotatable bonds is 2. The van der Waals surface area contributed by atoms with Crippen LogP contribution >= 0.6 is 0 Å². The third-order valence-electron chi connectivity index (χ3n) is 3.77. The molecule has 2 aromatic carbocycles. The first-order chi connectivity index (χ1) is 10.1. The largest absolute Gasteiger partial charge is 0.508 e. The number of nitrogens with one attached hydrogen (secondary N) is 2. The van der Waals surface area contributed by atoms with E-state index in [-0.39, 0.29) is 17.6 Å². The van der Waals surface area contributed by atoms with Crippen LogP contribution in [0.25, 0.3) is 0 Å². The lowest BCUT2D eigenvalue weighted by Crippen LogP contribution is -2.35. The van der Waals surface area contributed by atoms with Crippen LogP contribution in [0, 0.1) is 6.92 Å². The van der Waals surface area contributed by atoms with Gasteiger partial charge in [0.05, 0.1) is 5.92 Å². The highest BCUT2D eigenvalue weighted by Crippen LogP contribution is 2.26. The number of aromatic hydroxyl groups is 1. The highest BCUT2D eigenvalue weighted by Gasteiger charge is 2.26. The Labute approximate surface area is 123 Å². The molecule has 0 fully saturated rings. The highest BCUT2D eigenvalue weighted by molar-refractivity contribution is 5.96. The van der Waals surface area contributed by atoms with Gasteiger partial charge >= 0.3 is 0 Å². The van der Waals surface area contributed by atoms with Crippen LogP contribution < -0.4 is 10.6 Å². The molecule has 0 spiro atoms. The number of phenolic OH excluding ortho intramolecular Hbond substituents is 1. The summed E-state index contributed by atoms with van der Waals surface area (Å²) in [5.41, 5.74) is 4.07. The van der Waals surface area contributed by atoms with Gasteiger partial charge in [-0.2, -0.15) is 0 Å². The van der Waals surface area contributed by atoms with Crippen LogP contribution in [-0.4, -0.2) is 17.6 Å². The van der Waals surface area contributed by atoms with Gasteiger partial charge in [0.25, 0.3) is 0 Å². The number of carbonyl (C=O) groups is 1. The van der Waals surface area contributed by atoms with Crippen LogP contribution in [0.4, 0.5) is 5.69 Å². The first-order valence-corrected chi connectivity index (χ1v) is 7.03. The van der Waals surface area contributed by atoms with Crippen molar-refractivity contribution in [3.63, 3.8) is 0 Å². The van der Waals surface area contributed by atoms with Gasteiger partial charge in [-0.3, -0.25) is 4.79 Å². The minimum absolute atomic E-state index is 0.0575. The molecule has 1 aliphatic heterocycles. The number of aryl methyl sites for hydroxylation is 1. The Morgan fingerprint density at radius 3 is 2.95 bits per heavy atom. The van der Waals surface area contributed by atoms with E-state index in [0.717, 1.165) is 12.1 Å². The first-order valence-electron chi connectivity index (χ1n) is 7.03. The second-order valence-electron chi connectivity index (χ2n) is 5.43. The van der Waals surface area contributed by atoms with E-state index in [0.29, 0.717) is 12.2 Å². The summed E-state index contributed by atoms with van der Waals surface area (Å²) in [6, 6.07) is 12.8. The van der Waals surface area contributed by atoms with Gasteiger partial charge in [-0.05, 0) is 30.2 Å². The van der Waals surface area contributed by atoms with Crippen molar-refractivity contribution in [2.45, 2.75) is 19.4 Å². The van der Waals surface area contributed by atoms with Crippen LogP contribution in [0.2, 0.25) is 0 Å². The minimum atomic E-state index is -0.211. The standard InChI is InChI=1S/C17H18N2O2/c1-11-5-6-15-12(7-11)9-18-10-16(15)17(21)19-13-3-2-4-14(20)8-13/h2-8,16,18,20H,9-10H2,1H3,(H,19,21). The Hall–Kier alpha value is -2.33. The molecule has 2 aromatic rings. The van der Waals surface area contributed by atoms with E-state index in [1.54, 1.807) is 24.3 Å². The first kappa shape index (κ1) is 13.6. The zero-order valence-electron chi connectivity index (χ0n) is 11.9. The molecule has 0 saturated carbocycles. The van der Waals surface area contributed by atoms with Crippen LogP contribution in [-0.2, 0) is 11.3 Å². The minimum Gasteiger partial charge on any atom is -0.508 e. The zero-order chi connectivity index (χ0) is 14.8. The fourth-order valence-corrected chi connectivity index (χ4v) is 2.74. The van der Waals surface area contributed by atoms with E-state index in [4.69, 9.17) is 0 Å². The molecular weight excluding hydrogens is 264 g/mol. The second kappa shape index (κ2) is 5.58. The van der Waals surface area contributed by atoms with Gasteiger partial charge in [-0.25, -0.2) is 0 Å². The molecule has 0 bridgehead atoms. The average molecular weight is 282 g/mol. The molecule has 1 heterocycles. The quantitative estimate of drug-likeness (QED) is 0.793. The smallest absolute Gasteiger partial charge is 0.233 e. The molecular formula is C17H18N2O2.